The van der Waals surface area contributed by atoms with Crippen molar-refractivity contribution in [2.75, 3.05) is 0 Å². The molecule has 0 bridgehead atoms. The second-order valence-corrected chi connectivity index (χ2v) is 2.33. The molecule has 3 heteroatoms. The molecule has 0 amide bonds. The molecule has 0 aliphatic carbocycles. The fraction of sp³-hybridized carbons (Fsp3) is 0.250. The van der Waals surface area contributed by atoms with Crippen LogP contribution in [0.1, 0.15) is 0 Å². The molecule has 0 saturated heterocycles. The maximum absolute atomic E-state index is 8.54. The van der Waals surface area contributed by atoms with E-state index in [1.54, 1.807) is 7.28 Å². The molecule has 0 atom stereocenters. The van der Waals surface area contributed by atoms with E-state index in [-0.39, 0.29) is 6.32 Å². The quantitative estimate of drug-likeness (QED) is 0.459. The molecule has 1 aromatic rings. The molecule has 0 aliphatic rings. The molecular weight excluding hydrogens is 139 g/mol. The Morgan fingerprint density at radius 2 is 1.82 bits per heavy atom. The molecule has 0 spiro atoms. The molecule has 1 rings (SSSR count). The smallest absolute Gasteiger partial charge is 0.157 e. The lowest BCUT2D eigenvalue weighted by Crippen LogP contribution is -2.18. The van der Waals surface area contributed by atoms with Crippen LogP contribution in [0, 0.1) is 0 Å². The van der Waals surface area contributed by atoms with Crippen LogP contribution in [-0.4, -0.2) is 23.8 Å². The largest absolute Gasteiger partial charge is 0.369 e. The minimum Gasteiger partial charge on any atom is -0.369 e. The SMILES string of the molecule is OC(O)C[B]c1ccccc1. The first kappa shape index (κ1) is 8.30. The lowest BCUT2D eigenvalue weighted by molar-refractivity contribution is -0.0225. The highest BCUT2D eigenvalue weighted by atomic mass is 16.5. The topological polar surface area (TPSA) is 40.5 Å². The van der Waals surface area contributed by atoms with Crippen LogP contribution in [0.3, 0.4) is 0 Å². The number of aliphatic hydroxyl groups excluding tert-OH is 1. The third-order valence-electron chi connectivity index (χ3n) is 1.36. The Bertz CT molecular complexity index is 199. The van der Waals surface area contributed by atoms with Crippen molar-refractivity contribution in [3.8, 4) is 0 Å². The maximum Gasteiger partial charge on any atom is 0.157 e. The van der Waals surface area contributed by atoms with Crippen LogP contribution in [0.25, 0.3) is 0 Å². The number of aliphatic hydroxyl groups is 2. The molecule has 1 radical (unpaired) electrons. The van der Waals surface area contributed by atoms with Crippen LogP contribution in [0.15, 0.2) is 30.3 Å². The van der Waals surface area contributed by atoms with E-state index in [9.17, 15) is 0 Å². The number of hydrogen-bond acceptors (Lipinski definition) is 2. The first-order valence-corrected chi connectivity index (χ1v) is 3.53. The van der Waals surface area contributed by atoms with Crippen molar-refractivity contribution in [2.45, 2.75) is 12.6 Å². The summed E-state index contributed by atoms with van der Waals surface area (Å²) in [7, 11) is 1.78. The Balaban J connectivity index is 2.39. The molecule has 2 nitrogen and oxygen atoms in total. The Kier molecular flexibility index (Phi) is 3.14. The lowest BCUT2D eigenvalue weighted by atomic mass is 9.67. The van der Waals surface area contributed by atoms with Gasteiger partial charge in [-0.2, -0.15) is 0 Å². The van der Waals surface area contributed by atoms with Crippen LogP contribution < -0.4 is 5.46 Å². The van der Waals surface area contributed by atoms with E-state index in [2.05, 4.69) is 0 Å². The van der Waals surface area contributed by atoms with E-state index in [4.69, 9.17) is 10.2 Å². The van der Waals surface area contributed by atoms with Crippen molar-refractivity contribution in [3.05, 3.63) is 30.3 Å². The van der Waals surface area contributed by atoms with Crippen molar-refractivity contribution >= 4 is 12.7 Å². The van der Waals surface area contributed by atoms with E-state index >= 15 is 0 Å². The molecule has 0 unspecified atom stereocenters. The molecule has 1 aromatic carbocycles. The predicted molar refractivity (Wildman–Crippen MR) is 44.9 cm³/mol. The Hall–Kier alpha value is -0.795. The van der Waals surface area contributed by atoms with Crippen LogP contribution >= 0.6 is 0 Å². The van der Waals surface area contributed by atoms with Gasteiger partial charge in [-0.25, -0.2) is 0 Å². The number of benzene rings is 1. The molecule has 11 heavy (non-hydrogen) atoms. The molecule has 57 valence electrons. The predicted octanol–water partition coefficient (Wildman–Crippen LogP) is -0.255. The Labute approximate surface area is 66.7 Å². The normalized spacial score (nSPS) is 10.1. The van der Waals surface area contributed by atoms with E-state index in [0.29, 0.717) is 0 Å². The summed E-state index contributed by atoms with van der Waals surface area (Å²) in [4.78, 5) is 0. The molecule has 0 heterocycles. The second kappa shape index (κ2) is 4.16. The van der Waals surface area contributed by atoms with Gasteiger partial charge in [0.25, 0.3) is 0 Å². The minimum absolute atomic E-state index is 0.282. The third kappa shape index (κ3) is 3.21. The van der Waals surface area contributed by atoms with Gasteiger partial charge in [-0.05, 0) is 6.32 Å². The zero-order valence-corrected chi connectivity index (χ0v) is 6.14. The van der Waals surface area contributed by atoms with Crippen LogP contribution in [0.4, 0.5) is 0 Å². The first-order valence-electron chi connectivity index (χ1n) is 3.53. The monoisotopic (exact) mass is 149 g/mol. The summed E-state index contributed by atoms with van der Waals surface area (Å²) in [5.41, 5.74) is 1.01. The summed E-state index contributed by atoms with van der Waals surface area (Å²) >= 11 is 0. The zero-order valence-electron chi connectivity index (χ0n) is 6.14. The van der Waals surface area contributed by atoms with Crippen molar-refractivity contribution in [1.82, 2.24) is 0 Å². The fourth-order valence-electron chi connectivity index (χ4n) is 0.831. The van der Waals surface area contributed by atoms with Gasteiger partial charge in [-0.3, -0.25) is 0 Å². The van der Waals surface area contributed by atoms with Gasteiger partial charge in [0.1, 0.15) is 6.29 Å². The lowest BCUT2D eigenvalue weighted by Gasteiger charge is -2.00. The molecule has 0 aromatic heterocycles. The van der Waals surface area contributed by atoms with Gasteiger partial charge in [0.2, 0.25) is 0 Å². The molecular formula is C8H10BO2. The van der Waals surface area contributed by atoms with Crippen molar-refractivity contribution in [3.63, 3.8) is 0 Å². The average Bonchev–Trinajstić information content (AvgIpc) is 2.03. The highest BCUT2D eigenvalue weighted by molar-refractivity contribution is 6.53. The van der Waals surface area contributed by atoms with E-state index in [1.807, 2.05) is 30.3 Å². The average molecular weight is 149 g/mol. The fourth-order valence-corrected chi connectivity index (χ4v) is 0.831. The van der Waals surface area contributed by atoms with Crippen LogP contribution in [0.2, 0.25) is 6.32 Å². The van der Waals surface area contributed by atoms with Gasteiger partial charge in [-0.15, -0.1) is 0 Å². The number of hydrogen-bond donors (Lipinski definition) is 2. The maximum atomic E-state index is 8.54. The first-order chi connectivity index (χ1) is 5.29. The van der Waals surface area contributed by atoms with E-state index in [1.165, 1.54) is 0 Å². The standard InChI is InChI=1S/C8H10BO2/c10-8(11)6-9-7-4-2-1-3-5-7/h1-5,8,10-11H,6H2. The third-order valence-corrected chi connectivity index (χ3v) is 1.36. The van der Waals surface area contributed by atoms with Crippen molar-refractivity contribution < 1.29 is 10.2 Å². The molecule has 0 aliphatic heterocycles. The van der Waals surface area contributed by atoms with Gasteiger partial charge in [0.05, 0.1) is 0 Å². The van der Waals surface area contributed by atoms with Gasteiger partial charge in [-0.1, -0.05) is 35.8 Å². The van der Waals surface area contributed by atoms with E-state index < -0.39 is 6.29 Å². The Morgan fingerprint density at radius 1 is 1.18 bits per heavy atom. The Morgan fingerprint density at radius 3 is 2.36 bits per heavy atom. The summed E-state index contributed by atoms with van der Waals surface area (Å²) in [5, 5.41) is 17.1. The van der Waals surface area contributed by atoms with Gasteiger partial charge < -0.3 is 10.2 Å². The van der Waals surface area contributed by atoms with Crippen LogP contribution in [-0.2, 0) is 0 Å². The van der Waals surface area contributed by atoms with Crippen molar-refractivity contribution in [1.29, 1.82) is 0 Å². The second-order valence-electron chi connectivity index (χ2n) is 2.33. The molecule has 2 N–H and O–H groups in total. The summed E-state index contributed by atoms with van der Waals surface area (Å²) in [6, 6.07) is 9.59. The summed E-state index contributed by atoms with van der Waals surface area (Å²) in [5.74, 6) is 0. The molecule has 0 saturated carbocycles. The molecule has 0 fully saturated rings. The highest BCUT2D eigenvalue weighted by Gasteiger charge is 1.99. The summed E-state index contributed by atoms with van der Waals surface area (Å²) < 4.78 is 0. The van der Waals surface area contributed by atoms with Crippen molar-refractivity contribution in [2.24, 2.45) is 0 Å². The zero-order chi connectivity index (χ0) is 8.10. The van der Waals surface area contributed by atoms with Crippen LogP contribution in [0.5, 0.6) is 0 Å². The summed E-state index contributed by atoms with van der Waals surface area (Å²) in [6.45, 7) is 0. The minimum atomic E-state index is -1.24. The number of rotatable bonds is 3. The highest BCUT2D eigenvalue weighted by Crippen LogP contribution is 1.87. The van der Waals surface area contributed by atoms with E-state index in [0.717, 1.165) is 5.46 Å². The van der Waals surface area contributed by atoms with Gasteiger partial charge in [0.15, 0.2) is 7.28 Å². The summed E-state index contributed by atoms with van der Waals surface area (Å²) in [6.07, 6.45) is -0.959. The van der Waals surface area contributed by atoms with Gasteiger partial charge in [0, 0.05) is 0 Å². The van der Waals surface area contributed by atoms with Gasteiger partial charge >= 0.3 is 0 Å².